The molecular formula is C28H27Cl2N5O2. The maximum atomic E-state index is 13.1. The van der Waals surface area contributed by atoms with Crippen LogP contribution in [0.3, 0.4) is 0 Å². The molecule has 9 heteroatoms. The molecule has 0 bridgehead atoms. The van der Waals surface area contributed by atoms with E-state index in [0.717, 1.165) is 38.0 Å². The molecule has 0 saturated carbocycles. The van der Waals surface area contributed by atoms with E-state index in [2.05, 4.69) is 49.8 Å². The first-order chi connectivity index (χ1) is 18.0. The highest BCUT2D eigenvalue weighted by atomic mass is 35.5. The average Bonchev–Trinajstić information content (AvgIpc) is 2.90. The van der Waals surface area contributed by atoms with Crippen LogP contribution in [0.25, 0.3) is 10.9 Å². The van der Waals surface area contributed by atoms with E-state index in [0.29, 0.717) is 26.8 Å². The molecular weight excluding hydrogens is 509 g/mol. The molecule has 2 aromatic carbocycles. The van der Waals surface area contributed by atoms with Gasteiger partial charge in [0.15, 0.2) is 11.4 Å². The molecule has 190 valence electrons. The molecule has 7 nitrogen and oxygen atoms in total. The van der Waals surface area contributed by atoms with E-state index >= 15 is 0 Å². The quantitative estimate of drug-likeness (QED) is 0.283. The van der Waals surface area contributed by atoms with E-state index in [1.807, 2.05) is 12.1 Å². The molecule has 0 spiro atoms. The van der Waals surface area contributed by atoms with Crippen molar-refractivity contribution < 1.29 is 9.90 Å². The second-order valence-corrected chi connectivity index (χ2v) is 10.1. The van der Waals surface area contributed by atoms with Crippen molar-refractivity contribution >= 4 is 45.8 Å². The number of aromatic nitrogens is 2. The highest BCUT2D eigenvalue weighted by molar-refractivity contribution is 6.34. The van der Waals surface area contributed by atoms with Crippen molar-refractivity contribution in [3.63, 3.8) is 0 Å². The van der Waals surface area contributed by atoms with Gasteiger partial charge in [0.05, 0.1) is 0 Å². The number of nitrogens with one attached hydrogen (secondary N) is 2. The lowest BCUT2D eigenvalue weighted by Crippen LogP contribution is -2.39. The van der Waals surface area contributed by atoms with E-state index in [-0.39, 0.29) is 24.0 Å². The maximum absolute atomic E-state index is 13.1. The number of benzene rings is 2. The second kappa shape index (κ2) is 11.3. The van der Waals surface area contributed by atoms with E-state index in [4.69, 9.17) is 23.2 Å². The van der Waals surface area contributed by atoms with Gasteiger partial charge in [-0.15, -0.1) is 0 Å². The zero-order chi connectivity index (χ0) is 25.8. The monoisotopic (exact) mass is 535 g/mol. The molecule has 1 saturated heterocycles. The molecule has 0 aliphatic carbocycles. The summed E-state index contributed by atoms with van der Waals surface area (Å²) in [6, 6.07) is 19.4. The van der Waals surface area contributed by atoms with E-state index in [9.17, 15) is 9.90 Å². The molecule has 1 aliphatic heterocycles. The van der Waals surface area contributed by atoms with Crippen LogP contribution < -0.4 is 10.6 Å². The number of likely N-dealkylation sites (tertiary alicyclic amines) is 1. The molecule has 0 unspecified atom stereocenters. The van der Waals surface area contributed by atoms with E-state index in [1.165, 1.54) is 5.56 Å². The third kappa shape index (κ3) is 6.13. The number of pyridine rings is 2. The fraction of sp³-hybridized carbons (Fsp3) is 0.250. The van der Waals surface area contributed by atoms with Crippen LogP contribution >= 0.6 is 23.2 Å². The molecule has 5 rings (SSSR count). The van der Waals surface area contributed by atoms with Crippen LogP contribution in [0, 0.1) is 0 Å². The van der Waals surface area contributed by atoms with E-state index in [1.54, 1.807) is 30.5 Å². The van der Waals surface area contributed by atoms with Crippen molar-refractivity contribution in [2.45, 2.75) is 32.0 Å². The van der Waals surface area contributed by atoms with Crippen molar-refractivity contribution in [2.24, 2.45) is 0 Å². The van der Waals surface area contributed by atoms with Gasteiger partial charge in [-0.3, -0.25) is 14.7 Å². The molecule has 1 fully saturated rings. The number of hydrogen-bond acceptors (Lipinski definition) is 6. The summed E-state index contributed by atoms with van der Waals surface area (Å²) in [6.45, 7) is 3.02. The standard InChI is InChI=1S/C28H27Cl2N5O2/c29-20-13-19(14-21(30)15-20)16-32-28(37)25-26(36)24-23(7-4-10-31-24)27(34-25)33-22-8-11-35(12-9-22)17-18-5-2-1-3-6-18/h1-7,10,13-15,22,36H,8-9,11-12,16-17H2,(H,32,37)(H,33,34). The number of anilines is 1. The number of hydrogen-bond donors (Lipinski definition) is 3. The van der Waals surface area contributed by atoms with Crippen molar-refractivity contribution in [2.75, 3.05) is 18.4 Å². The van der Waals surface area contributed by atoms with Crippen molar-refractivity contribution in [1.29, 1.82) is 0 Å². The number of piperidine rings is 1. The lowest BCUT2D eigenvalue weighted by atomic mass is 10.0. The summed E-state index contributed by atoms with van der Waals surface area (Å²) < 4.78 is 0. The fourth-order valence-corrected chi connectivity index (χ4v) is 5.21. The Labute approximate surface area is 225 Å². The Morgan fingerprint density at radius 2 is 1.73 bits per heavy atom. The summed E-state index contributed by atoms with van der Waals surface area (Å²) in [6.07, 6.45) is 3.46. The molecule has 0 radical (unpaired) electrons. The number of carbonyl (C=O) groups excluding carboxylic acids is 1. The minimum absolute atomic E-state index is 0.0802. The minimum Gasteiger partial charge on any atom is -0.504 e. The fourth-order valence-electron chi connectivity index (χ4n) is 4.64. The van der Waals surface area contributed by atoms with Gasteiger partial charge in [-0.05, 0) is 54.3 Å². The molecule has 4 aromatic rings. The van der Waals surface area contributed by atoms with Crippen LogP contribution in [0.15, 0.2) is 66.9 Å². The summed E-state index contributed by atoms with van der Waals surface area (Å²) in [5.41, 5.74) is 2.30. The Morgan fingerprint density at radius 3 is 2.46 bits per heavy atom. The summed E-state index contributed by atoms with van der Waals surface area (Å²) in [5, 5.41) is 18.8. The lowest BCUT2D eigenvalue weighted by Gasteiger charge is -2.33. The summed E-state index contributed by atoms with van der Waals surface area (Å²) in [7, 11) is 0. The zero-order valence-corrected chi connectivity index (χ0v) is 21.6. The van der Waals surface area contributed by atoms with Crippen LogP contribution in [0.2, 0.25) is 10.0 Å². The molecule has 1 amide bonds. The smallest absolute Gasteiger partial charge is 0.274 e. The van der Waals surface area contributed by atoms with Crippen molar-refractivity contribution in [1.82, 2.24) is 20.2 Å². The summed E-state index contributed by atoms with van der Waals surface area (Å²) in [4.78, 5) is 24.4. The van der Waals surface area contributed by atoms with Crippen LogP contribution in [-0.4, -0.2) is 45.0 Å². The minimum atomic E-state index is -0.512. The van der Waals surface area contributed by atoms with Gasteiger partial charge >= 0.3 is 0 Å². The van der Waals surface area contributed by atoms with Crippen LogP contribution in [0.4, 0.5) is 5.82 Å². The molecule has 1 aliphatic rings. The summed E-state index contributed by atoms with van der Waals surface area (Å²) >= 11 is 12.1. The van der Waals surface area contributed by atoms with Gasteiger partial charge < -0.3 is 15.7 Å². The van der Waals surface area contributed by atoms with Crippen LogP contribution in [0.1, 0.15) is 34.5 Å². The van der Waals surface area contributed by atoms with Gasteiger partial charge in [0, 0.05) is 53.8 Å². The summed E-state index contributed by atoms with van der Waals surface area (Å²) in [5.74, 6) is -0.222. The second-order valence-electron chi connectivity index (χ2n) is 9.20. The number of rotatable bonds is 7. The first kappa shape index (κ1) is 25.3. The van der Waals surface area contributed by atoms with Crippen molar-refractivity contribution in [3.8, 4) is 5.75 Å². The van der Waals surface area contributed by atoms with Gasteiger partial charge in [-0.25, -0.2) is 4.98 Å². The predicted molar refractivity (Wildman–Crippen MR) is 147 cm³/mol. The molecule has 37 heavy (non-hydrogen) atoms. The van der Waals surface area contributed by atoms with Gasteiger partial charge in [0.2, 0.25) is 0 Å². The van der Waals surface area contributed by atoms with Crippen LogP contribution in [-0.2, 0) is 13.1 Å². The SMILES string of the molecule is O=C(NCc1cc(Cl)cc(Cl)c1)c1nc(NC2CCN(Cc3ccccc3)CC2)c2cccnc2c1O. The number of fused-ring (bicyclic) bond motifs is 1. The first-order valence-electron chi connectivity index (χ1n) is 12.2. The topological polar surface area (TPSA) is 90.4 Å². The molecule has 2 aromatic heterocycles. The Bertz CT molecular complexity index is 1390. The Hall–Kier alpha value is -3.39. The Balaban J connectivity index is 1.31. The highest BCUT2D eigenvalue weighted by Gasteiger charge is 2.24. The Morgan fingerprint density at radius 1 is 1.00 bits per heavy atom. The average molecular weight is 536 g/mol. The van der Waals surface area contributed by atoms with Gasteiger partial charge in [0.25, 0.3) is 5.91 Å². The third-order valence-electron chi connectivity index (χ3n) is 6.50. The predicted octanol–water partition coefficient (Wildman–Crippen LogP) is 5.65. The normalized spacial score (nSPS) is 14.5. The number of amides is 1. The Kier molecular flexibility index (Phi) is 7.74. The van der Waals surface area contributed by atoms with E-state index < -0.39 is 5.91 Å². The first-order valence-corrected chi connectivity index (χ1v) is 13.0. The van der Waals surface area contributed by atoms with Crippen LogP contribution in [0.5, 0.6) is 5.75 Å². The highest BCUT2D eigenvalue weighted by Crippen LogP contribution is 2.32. The van der Waals surface area contributed by atoms with Crippen molar-refractivity contribution in [3.05, 3.63) is 93.7 Å². The number of nitrogens with zero attached hydrogens (tertiary/aromatic N) is 3. The molecule has 3 N–H and O–H groups in total. The van der Waals surface area contributed by atoms with Gasteiger partial charge in [-0.2, -0.15) is 0 Å². The number of carbonyl (C=O) groups is 1. The zero-order valence-electron chi connectivity index (χ0n) is 20.1. The van der Waals surface area contributed by atoms with Gasteiger partial charge in [0.1, 0.15) is 11.3 Å². The van der Waals surface area contributed by atoms with Gasteiger partial charge in [-0.1, -0.05) is 53.5 Å². The number of halogens is 2. The lowest BCUT2D eigenvalue weighted by molar-refractivity contribution is 0.0943. The molecule has 3 heterocycles. The largest absolute Gasteiger partial charge is 0.504 e. The number of aromatic hydroxyl groups is 1. The maximum Gasteiger partial charge on any atom is 0.274 e. The third-order valence-corrected chi connectivity index (χ3v) is 6.94. The molecule has 0 atom stereocenters.